The van der Waals surface area contributed by atoms with Crippen LogP contribution >= 0.6 is 0 Å². The van der Waals surface area contributed by atoms with Gasteiger partial charge < -0.3 is 5.11 Å². The molecular formula is C11H9NO2. The van der Waals surface area contributed by atoms with Crippen LogP contribution in [0.5, 0.6) is 0 Å². The molecule has 0 radical (unpaired) electrons. The van der Waals surface area contributed by atoms with Crippen LogP contribution in [-0.4, -0.2) is 11.1 Å². The van der Waals surface area contributed by atoms with Crippen molar-refractivity contribution in [2.24, 2.45) is 0 Å². The molecule has 0 spiro atoms. The van der Waals surface area contributed by atoms with Crippen molar-refractivity contribution in [2.75, 3.05) is 0 Å². The highest BCUT2D eigenvalue weighted by Crippen LogP contribution is 2.12. The Kier molecular flexibility index (Phi) is 3.03. The molecule has 0 aromatic heterocycles. The minimum atomic E-state index is -1.02. The molecule has 70 valence electrons. The summed E-state index contributed by atoms with van der Waals surface area (Å²) in [5.74, 6) is -1.02. The minimum absolute atomic E-state index is 0.480. The maximum Gasteiger partial charge on any atom is 0.328 e. The highest BCUT2D eigenvalue weighted by atomic mass is 16.4. The smallest absolute Gasteiger partial charge is 0.328 e. The first-order valence-corrected chi connectivity index (χ1v) is 4.05. The summed E-state index contributed by atoms with van der Waals surface area (Å²) in [6.45, 7) is 1.89. The molecule has 14 heavy (non-hydrogen) atoms. The van der Waals surface area contributed by atoms with Gasteiger partial charge in [-0.1, -0.05) is 17.7 Å². The SMILES string of the molecule is Cc1ccc(C#N)c(/C=C/C(=O)O)c1. The fraction of sp³-hybridized carbons (Fsp3) is 0.0909. The Hall–Kier alpha value is -2.08. The van der Waals surface area contributed by atoms with Gasteiger partial charge in [-0.3, -0.25) is 0 Å². The molecule has 0 aliphatic heterocycles. The molecule has 0 amide bonds. The van der Waals surface area contributed by atoms with Crippen molar-refractivity contribution in [2.45, 2.75) is 6.92 Å². The van der Waals surface area contributed by atoms with Gasteiger partial charge in [-0.25, -0.2) is 4.79 Å². The van der Waals surface area contributed by atoms with E-state index in [1.807, 2.05) is 19.1 Å². The number of nitriles is 1. The summed E-state index contributed by atoms with van der Waals surface area (Å²) in [6.07, 6.45) is 2.45. The molecule has 1 aromatic carbocycles. The van der Waals surface area contributed by atoms with Crippen LogP contribution in [0.4, 0.5) is 0 Å². The van der Waals surface area contributed by atoms with Gasteiger partial charge in [-0.15, -0.1) is 0 Å². The van der Waals surface area contributed by atoms with E-state index in [9.17, 15) is 4.79 Å². The lowest BCUT2D eigenvalue weighted by Crippen LogP contribution is -1.88. The monoisotopic (exact) mass is 187 g/mol. The Morgan fingerprint density at radius 2 is 2.29 bits per heavy atom. The topological polar surface area (TPSA) is 61.1 Å². The fourth-order valence-electron chi connectivity index (χ4n) is 1.08. The van der Waals surface area contributed by atoms with Gasteiger partial charge in [0.15, 0.2) is 0 Å². The van der Waals surface area contributed by atoms with Gasteiger partial charge in [-0.05, 0) is 24.6 Å². The van der Waals surface area contributed by atoms with E-state index >= 15 is 0 Å². The van der Waals surface area contributed by atoms with Crippen molar-refractivity contribution >= 4 is 12.0 Å². The van der Waals surface area contributed by atoms with E-state index in [1.165, 1.54) is 6.08 Å². The summed E-state index contributed by atoms with van der Waals surface area (Å²) in [6, 6.07) is 7.27. The molecule has 1 N–H and O–H groups in total. The van der Waals surface area contributed by atoms with Crippen LogP contribution in [0.2, 0.25) is 0 Å². The number of hydrogen-bond acceptors (Lipinski definition) is 2. The third kappa shape index (κ3) is 2.46. The second-order valence-corrected chi connectivity index (χ2v) is 2.87. The van der Waals surface area contributed by atoms with E-state index < -0.39 is 5.97 Å². The lowest BCUT2D eigenvalue weighted by molar-refractivity contribution is -0.131. The average Bonchev–Trinajstić information content (AvgIpc) is 2.15. The number of carboxylic acid groups (broad SMARTS) is 1. The first-order chi connectivity index (χ1) is 6.63. The average molecular weight is 187 g/mol. The molecule has 0 aliphatic carbocycles. The number of benzene rings is 1. The molecule has 1 aromatic rings. The van der Waals surface area contributed by atoms with E-state index in [2.05, 4.69) is 0 Å². The van der Waals surface area contributed by atoms with Crippen molar-refractivity contribution in [1.29, 1.82) is 5.26 Å². The van der Waals surface area contributed by atoms with Crippen molar-refractivity contribution in [3.8, 4) is 6.07 Å². The van der Waals surface area contributed by atoms with Gasteiger partial charge in [0.05, 0.1) is 11.6 Å². The molecule has 0 aliphatic rings. The third-order valence-corrected chi connectivity index (χ3v) is 1.73. The van der Waals surface area contributed by atoms with Crippen LogP contribution in [0.1, 0.15) is 16.7 Å². The summed E-state index contributed by atoms with van der Waals surface area (Å²) in [4.78, 5) is 10.3. The number of hydrogen-bond donors (Lipinski definition) is 1. The van der Waals surface area contributed by atoms with E-state index in [0.717, 1.165) is 11.6 Å². The van der Waals surface area contributed by atoms with E-state index in [4.69, 9.17) is 10.4 Å². The number of aliphatic carboxylic acids is 1. The number of carboxylic acids is 1. The van der Waals surface area contributed by atoms with Crippen LogP contribution in [0.15, 0.2) is 24.3 Å². The molecular weight excluding hydrogens is 178 g/mol. The second-order valence-electron chi connectivity index (χ2n) is 2.87. The highest BCUT2D eigenvalue weighted by molar-refractivity contribution is 5.85. The normalized spacial score (nSPS) is 10.0. The summed E-state index contributed by atoms with van der Waals surface area (Å²) in [5.41, 5.74) is 2.11. The molecule has 0 unspecified atom stereocenters. The Bertz CT molecular complexity index is 427. The second kappa shape index (κ2) is 4.24. The predicted molar refractivity (Wildman–Crippen MR) is 52.6 cm³/mol. The van der Waals surface area contributed by atoms with Crippen molar-refractivity contribution < 1.29 is 9.90 Å². The van der Waals surface area contributed by atoms with Gasteiger partial charge in [0.25, 0.3) is 0 Å². The molecule has 1 rings (SSSR count). The molecule has 0 atom stereocenters. The van der Waals surface area contributed by atoms with Crippen molar-refractivity contribution in [1.82, 2.24) is 0 Å². The lowest BCUT2D eigenvalue weighted by atomic mass is 10.1. The third-order valence-electron chi connectivity index (χ3n) is 1.73. The quantitative estimate of drug-likeness (QED) is 0.720. The number of nitrogens with zero attached hydrogens (tertiary/aromatic N) is 1. The van der Waals surface area contributed by atoms with Crippen LogP contribution in [-0.2, 0) is 4.79 Å². The molecule has 0 saturated heterocycles. The zero-order valence-corrected chi connectivity index (χ0v) is 7.69. The Labute approximate surface area is 81.9 Å². The van der Waals surface area contributed by atoms with E-state index in [1.54, 1.807) is 12.1 Å². The first kappa shape index (κ1) is 10.0. The number of carbonyl (C=O) groups is 1. The zero-order chi connectivity index (χ0) is 10.6. The molecule has 0 bridgehead atoms. The largest absolute Gasteiger partial charge is 0.478 e. The number of aryl methyl sites for hydroxylation is 1. The molecule has 0 saturated carbocycles. The maximum absolute atomic E-state index is 10.3. The van der Waals surface area contributed by atoms with Crippen LogP contribution < -0.4 is 0 Å². The van der Waals surface area contributed by atoms with Crippen LogP contribution in [0.25, 0.3) is 6.08 Å². The molecule has 0 fully saturated rings. The summed E-state index contributed by atoms with van der Waals surface area (Å²) in [7, 11) is 0. The Morgan fingerprint density at radius 1 is 1.57 bits per heavy atom. The zero-order valence-electron chi connectivity index (χ0n) is 7.69. The maximum atomic E-state index is 10.3. The standard InChI is InChI=1S/C11H9NO2/c1-8-2-3-10(7-12)9(6-8)4-5-11(13)14/h2-6H,1H3,(H,13,14)/b5-4+. The summed E-state index contributed by atoms with van der Waals surface area (Å²) >= 11 is 0. The van der Waals surface area contributed by atoms with Gasteiger partial charge in [0, 0.05) is 6.08 Å². The van der Waals surface area contributed by atoms with Crippen LogP contribution in [0, 0.1) is 18.3 Å². The molecule has 3 nitrogen and oxygen atoms in total. The Morgan fingerprint density at radius 3 is 2.86 bits per heavy atom. The van der Waals surface area contributed by atoms with Gasteiger partial charge in [0.2, 0.25) is 0 Å². The van der Waals surface area contributed by atoms with E-state index in [-0.39, 0.29) is 0 Å². The summed E-state index contributed by atoms with van der Waals surface area (Å²) < 4.78 is 0. The first-order valence-electron chi connectivity index (χ1n) is 4.05. The van der Waals surface area contributed by atoms with Gasteiger partial charge in [-0.2, -0.15) is 5.26 Å². The van der Waals surface area contributed by atoms with Crippen molar-refractivity contribution in [3.05, 3.63) is 41.0 Å². The fourth-order valence-corrected chi connectivity index (χ4v) is 1.08. The number of rotatable bonds is 2. The molecule has 3 heteroatoms. The van der Waals surface area contributed by atoms with Gasteiger partial charge >= 0.3 is 5.97 Å². The minimum Gasteiger partial charge on any atom is -0.478 e. The Balaban J connectivity index is 3.13. The van der Waals surface area contributed by atoms with Crippen molar-refractivity contribution in [3.63, 3.8) is 0 Å². The summed E-state index contributed by atoms with van der Waals surface area (Å²) in [5, 5.41) is 17.2. The lowest BCUT2D eigenvalue weighted by Gasteiger charge is -1.98. The highest BCUT2D eigenvalue weighted by Gasteiger charge is 1.98. The predicted octanol–water partition coefficient (Wildman–Crippen LogP) is 1.96. The van der Waals surface area contributed by atoms with Crippen LogP contribution in [0.3, 0.4) is 0 Å². The van der Waals surface area contributed by atoms with Gasteiger partial charge in [0.1, 0.15) is 0 Å². The molecule has 0 heterocycles. The van der Waals surface area contributed by atoms with E-state index in [0.29, 0.717) is 11.1 Å².